The minimum atomic E-state index is -4.17. The van der Waals surface area contributed by atoms with Crippen LogP contribution in [0.3, 0.4) is 0 Å². The third-order valence-corrected chi connectivity index (χ3v) is 2.96. The molecule has 1 unspecified atom stereocenters. The minimum absolute atomic E-state index is 0.0504. The second kappa shape index (κ2) is 4.27. The first-order chi connectivity index (χ1) is 6.42. The van der Waals surface area contributed by atoms with E-state index < -0.39 is 12.6 Å². The van der Waals surface area contributed by atoms with Gasteiger partial charge in [0.25, 0.3) is 0 Å². The summed E-state index contributed by atoms with van der Waals surface area (Å²) in [5.74, 6) is 0. The van der Waals surface area contributed by atoms with E-state index in [0.29, 0.717) is 0 Å². The molecule has 0 saturated carbocycles. The summed E-state index contributed by atoms with van der Waals surface area (Å²) in [4.78, 5) is 4.55. The van der Waals surface area contributed by atoms with Crippen molar-refractivity contribution < 1.29 is 13.2 Å². The number of hydrogen-bond acceptors (Lipinski definition) is 3. The Morgan fingerprint density at radius 3 is 2.71 bits per heavy atom. The van der Waals surface area contributed by atoms with E-state index in [-0.39, 0.29) is 11.0 Å². The summed E-state index contributed by atoms with van der Waals surface area (Å²) in [6.07, 6.45) is -3.61. The van der Waals surface area contributed by atoms with E-state index in [2.05, 4.69) is 10.3 Å². The first kappa shape index (κ1) is 11.5. The van der Waals surface area contributed by atoms with Gasteiger partial charge in [-0.2, -0.15) is 13.2 Å². The van der Waals surface area contributed by atoms with Crippen molar-refractivity contribution in [1.29, 1.82) is 0 Å². The Hall–Kier alpha value is -0.620. The topological polar surface area (TPSA) is 24.9 Å². The maximum absolute atomic E-state index is 12.0. The molecule has 1 heterocycles. The van der Waals surface area contributed by atoms with E-state index in [0.717, 1.165) is 16.2 Å². The molecule has 0 amide bonds. The van der Waals surface area contributed by atoms with Crippen molar-refractivity contribution in [2.24, 2.45) is 0 Å². The van der Waals surface area contributed by atoms with E-state index in [4.69, 9.17) is 0 Å². The molecule has 1 aromatic heterocycles. The number of nitrogens with one attached hydrogen (secondary N) is 1. The third-order valence-electron chi connectivity index (χ3n) is 1.78. The number of halogens is 3. The van der Waals surface area contributed by atoms with Crippen molar-refractivity contribution in [3.05, 3.63) is 16.1 Å². The van der Waals surface area contributed by atoms with Crippen LogP contribution in [0.5, 0.6) is 0 Å². The number of hydrogen-bond donors (Lipinski definition) is 1. The molecule has 6 heteroatoms. The Balaban J connectivity index is 2.69. The third kappa shape index (κ3) is 3.26. The van der Waals surface area contributed by atoms with Gasteiger partial charge in [-0.1, -0.05) is 0 Å². The lowest BCUT2D eigenvalue weighted by Gasteiger charge is -2.05. The lowest BCUT2D eigenvalue weighted by molar-refractivity contribution is -0.127. The van der Waals surface area contributed by atoms with Gasteiger partial charge in [0.05, 0.1) is 6.42 Å². The number of thiazole rings is 1. The number of rotatable bonds is 3. The standard InChI is InChI=1S/C8H11F3N2S/c1-5(12-2)6-4-13-7(14-6)3-8(9,10)11/h4-5,12H,3H2,1-2H3. The summed E-state index contributed by atoms with van der Waals surface area (Å²) in [6.45, 7) is 1.88. The molecule has 1 aromatic rings. The second-order valence-electron chi connectivity index (χ2n) is 2.96. The van der Waals surface area contributed by atoms with Crippen LogP contribution in [0.4, 0.5) is 13.2 Å². The molecule has 0 radical (unpaired) electrons. The smallest absolute Gasteiger partial charge is 0.312 e. The van der Waals surface area contributed by atoms with Gasteiger partial charge in [-0.3, -0.25) is 0 Å². The highest BCUT2D eigenvalue weighted by Crippen LogP contribution is 2.26. The van der Waals surface area contributed by atoms with E-state index in [9.17, 15) is 13.2 Å². The quantitative estimate of drug-likeness (QED) is 0.853. The number of nitrogens with zero attached hydrogens (tertiary/aromatic N) is 1. The molecule has 1 atom stereocenters. The zero-order valence-electron chi connectivity index (χ0n) is 7.85. The zero-order valence-corrected chi connectivity index (χ0v) is 8.67. The molecule has 1 N–H and O–H groups in total. The van der Waals surface area contributed by atoms with Crippen molar-refractivity contribution in [3.8, 4) is 0 Å². The van der Waals surface area contributed by atoms with Crippen LogP contribution in [0.2, 0.25) is 0 Å². The molecule has 80 valence electrons. The lowest BCUT2D eigenvalue weighted by atomic mass is 10.3. The van der Waals surface area contributed by atoms with Gasteiger partial charge < -0.3 is 5.32 Å². The van der Waals surface area contributed by atoms with Crippen molar-refractivity contribution >= 4 is 11.3 Å². The van der Waals surface area contributed by atoms with Gasteiger partial charge in [0.1, 0.15) is 5.01 Å². The van der Waals surface area contributed by atoms with Crippen molar-refractivity contribution in [3.63, 3.8) is 0 Å². The molecule has 1 rings (SSSR count). The molecule has 0 spiro atoms. The predicted molar refractivity (Wildman–Crippen MR) is 49.3 cm³/mol. The fourth-order valence-electron chi connectivity index (χ4n) is 0.920. The molecule has 14 heavy (non-hydrogen) atoms. The van der Waals surface area contributed by atoms with Crippen molar-refractivity contribution in [2.75, 3.05) is 7.05 Å². The molecule has 2 nitrogen and oxygen atoms in total. The van der Waals surface area contributed by atoms with Crippen LogP contribution in [-0.4, -0.2) is 18.2 Å². The van der Waals surface area contributed by atoms with Gasteiger partial charge >= 0.3 is 6.18 Å². The molecule has 0 aliphatic rings. The first-order valence-electron chi connectivity index (χ1n) is 4.11. The lowest BCUT2D eigenvalue weighted by Crippen LogP contribution is -2.11. The highest BCUT2D eigenvalue weighted by molar-refractivity contribution is 7.11. The van der Waals surface area contributed by atoms with Crippen LogP contribution < -0.4 is 5.32 Å². The second-order valence-corrected chi connectivity index (χ2v) is 4.11. The largest absolute Gasteiger partial charge is 0.395 e. The van der Waals surface area contributed by atoms with Crippen LogP contribution in [0.15, 0.2) is 6.20 Å². The highest BCUT2D eigenvalue weighted by Gasteiger charge is 2.29. The Morgan fingerprint density at radius 2 is 2.21 bits per heavy atom. The SMILES string of the molecule is CNC(C)c1cnc(CC(F)(F)F)s1. The molecule has 0 aliphatic heterocycles. The molecule has 0 bridgehead atoms. The van der Waals surface area contributed by atoms with Gasteiger partial charge in [-0.25, -0.2) is 4.98 Å². The van der Waals surface area contributed by atoms with E-state index in [1.165, 1.54) is 6.20 Å². The van der Waals surface area contributed by atoms with Crippen LogP contribution in [0, 0.1) is 0 Å². The molecular formula is C8H11F3N2S. The molecule has 0 aromatic carbocycles. The van der Waals surface area contributed by atoms with Gasteiger partial charge in [0, 0.05) is 17.1 Å². The van der Waals surface area contributed by atoms with Gasteiger partial charge in [-0.15, -0.1) is 11.3 Å². The highest BCUT2D eigenvalue weighted by atomic mass is 32.1. The Morgan fingerprint density at radius 1 is 1.57 bits per heavy atom. The summed E-state index contributed by atoms with van der Waals surface area (Å²) < 4.78 is 36.0. The maximum Gasteiger partial charge on any atom is 0.395 e. The summed E-state index contributed by atoms with van der Waals surface area (Å²) >= 11 is 1.10. The molecule has 0 saturated heterocycles. The first-order valence-corrected chi connectivity index (χ1v) is 4.92. The monoisotopic (exact) mass is 224 g/mol. The molecular weight excluding hydrogens is 213 g/mol. The summed E-state index contributed by atoms with van der Waals surface area (Å²) in [7, 11) is 1.76. The van der Waals surface area contributed by atoms with Crippen LogP contribution >= 0.6 is 11.3 Å². The summed E-state index contributed by atoms with van der Waals surface area (Å²) in [5, 5.41) is 3.07. The normalized spacial score (nSPS) is 14.4. The van der Waals surface area contributed by atoms with E-state index in [1.54, 1.807) is 7.05 Å². The fourth-order valence-corrected chi connectivity index (χ4v) is 1.93. The summed E-state index contributed by atoms with van der Waals surface area (Å²) in [5.41, 5.74) is 0. The van der Waals surface area contributed by atoms with Crippen molar-refractivity contribution in [1.82, 2.24) is 10.3 Å². The van der Waals surface area contributed by atoms with Crippen molar-refractivity contribution in [2.45, 2.75) is 25.6 Å². The number of aromatic nitrogens is 1. The van der Waals surface area contributed by atoms with Gasteiger partial charge in [-0.05, 0) is 14.0 Å². The van der Waals surface area contributed by atoms with Crippen LogP contribution in [0.1, 0.15) is 22.9 Å². The van der Waals surface area contributed by atoms with E-state index in [1.807, 2.05) is 6.92 Å². The van der Waals surface area contributed by atoms with Crippen LogP contribution in [-0.2, 0) is 6.42 Å². The van der Waals surface area contributed by atoms with Gasteiger partial charge in [0.2, 0.25) is 0 Å². The maximum atomic E-state index is 12.0. The van der Waals surface area contributed by atoms with E-state index >= 15 is 0 Å². The minimum Gasteiger partial charge on any atom is -0.312 e. The Kier molecular flexibility index (Phi) is 3.49. The summed E-state index contributed by atoms with van der Waals surface area (Å²) in [6, 6.07) is 0.0504. The predicted octanol–water partition coefficient (Wildman–Crippen LogP) is 2.53. The molecule has 0 aliphatic carbocycles. The zero-order chi connectivity index (χ0) is 10.8. The Bertz CT molecular complexity index is 295. The van der Waals surface area contributed by atoms with Gasteiger partial charge in [0.15, 0.2) is 0 Å². The number of alkyl halides is 3. The Labute approximate surface area is 84.2 Å². The van der Waals surface area contributed by atoms with Crippen LogP contribution in [0.25, 0.3) is 0 Å². The fraction of sp³-hybridized carbons (Fsp3) is 0.625. The average molecular weight is 224 g/mol. The average Bonchev–Trinajstić information content (AvgIpc) is 2.48. The molecule has 0 fully saturated rings.